The van der Waals surface area contributed by atoms with Crippen LogP contribution in [0.5, 0.6) is 0 Å². The fraction of sp³-hybridized carbons (Fsp3) is 0.562. The molecule has 2 aliphatic rings. The largest absolute Gasteiger partial charge is 0.384 e. The molecule has 0 saturated carbocycles. The Bertz CT molecular complexity index is 488. The van der Waals surface area contributed by atoms with Crippen molar-refractivity contribution >= 4 is 5.91 Å². The highest BCUT2D eigenvalue weighted by atomic mass is 16.5. The van der Waals surface area contributed by atoms with Gasteiger partial charge in [-0.25, -0.2) is 0 Å². The molecule has 1 amide bonds. The van der Waals surface area contributed by atoms with E-state index >= 15 is 0 Å². The number of hydrogen-bond donors (Lipinski definition) is 0. The minimum absolute atomic E-state index is 0.137. The number of ether oxygens (including phenoxy) is 2. The lowest BCUT2D eigenvalue weighted by Gasteiger charge is -2.30. The van der Waals surface area contributed by atoms with Crippen LogP contribution in [0.4, 0.5) is 0 Å². The number of amides is 1. The number of nitrogens with zero attached hydrogens (tertiary/aromatic N) is 1. The summed E-state index contributed by atoms with van der Waals surface area (Å²) in [4.78, 5) is 14.5. The van der Waals surface area contributed by atoms with Crippen molar-refractivity contribution in [1.82, 2.24) is 4.90 Å². The van der Waals surface area contributed by atoms with Gasteiger partial charge in [-0.3, -0.25) is 4.79 Å². The van der Waals surface area contributed by atoms with E-state index in [4.69, 9.17) is 9.47 Å². The molecule has 0 radical (unpaired) electrons. The second-order valence-corrected chi connectivity index (χ2v) is 5.66. The molecule has 1 fully saturated rings. The molecule has 1 aromatic carbocycles. The van der Waals surface area contributed by atoms with Crippen LogP contribution in [-0.2, 0) is 27.2 Å². The molecule has 0 aromatic heterocycles. The van der Waals surface area contributed by atoms with Gasteiger partial charge in [0.2, 0.25) is 0 Å². The van der Waals surface area contributed by atoms with Gasteiger partial charge in [-0.1, -0.05) is 24.3 Å². The highest BCUT2D eigenvalue weighted by Gasteiger charge is 2.34. The van der Waals surface area contributed by atoms with Crippen molar-refractivity contribution in [2.24, 2.45) is 5.92 Å². The monoisotopic (exact) mass is 275 g/mol. The molecule has 2 atom stereocenters. The molecular formula is C16H21NO3. The van der Waals surface area contributed by atoms with Gasteiger partial charge in [-0.15, -0.1) is 0 Å². The van der Waals surface area contributed by atoms with Crippen molar-refractivity contribution < 1.29 is 14.3 Å². The van der Waals surface area contributed by atoms with Gasteiger partial charge in [-0.2, -0.15) is 0 Å². The summed E-state index contributed by atoms with van der Waals surface area (Å²) in [6.45, 7) is 2.82. The van der Waals surface area contributed by atoms with Crippen LogP contribution in [0.2, 0.25) is 0 Å². The second-order valence-electron chi connectivity index (χ2n) is 5.66. The zero-order valence-corrected chi connectivity index (χ0v) is 11.9. The topological polar surface area (TPSA) is 38.8 Å². The Morgan fingerprint density at radius 1 is 1.40 bits per heavy atom. The lowest BCUT2D eigenvalue weighted by atomic mass is 9.99. The van der Waals surface area contributed by atoms with Crippen LogP contribution in [0, 0.1) is 5.92 Å². The Hall–Kier alpha value is -1.39. The highest BCUT2D eigenvalue weighted by Crippen LogP contribution is 2.24. The third-order valence-electron chi connectivity index (χ3n) is 4.20. The molecule has 0 N–H and O–H groups in total. The van der Waals surface area contributed by atoms with Crippen LogP contribution in [0.1, 0.15) is 17.5 Å². The molecule has 1 saturated heterocycles. The minimum Gasteiger partial charge on any atom is -0.384 e. The van der Waals surface area contributed by atoms with Gasteiger partial charge >= 0.3 is 0 Å². The zero-order valence-electron chi connectivity index (χ0n) is 11.9. The second kappa shape index (κ2) is 5.94. The number of hydrogen-bond acceptors (Lipinski definition) is 3. The molecule has 108 valence electrons. The van der Waals surface area contributed by atoms with Gasteiger partial charge in [0.25, 0.3) is 5.91 Å². The quantitative estimate of drug-likeness (QED) is 0.841. The Labute approximate surface area is 119 Å². The molecule has 4 heteroatoms. The van der Waals surface area contributed by atoms with E-state index in [9.17, 15) is 4.79 Å². The van der Waals surface area contributed by atoms with Crippen molar-refractivity contribution in [1.29, 1.82) is 0 Å². The van der Waals surface area contributed by atoms with Crippen LogP contribution in [0.15, 0.2) is 24.3 Å². The van der Waals surface area contributed by atoms with E-state index in [1.807, 2.05) is 11.0 Å². The van der Waals surface area contributed by atoms with E-state index in [2.05, 4.69) is 18.2 Å². The number of carbonyl (C=O) groups excluding carboxylic acids is 1. The maximum absolute atomic E-state index is 12.5. The van der Waals surface area contributed by atoms with Gasteiger partial charge in [0, 0.05) is 26.1 Å². The average molecular weight is 275 g/mol. The SMILES string of the molecule is COCC1CO[C@H](C(=O)N2CCc3ccccc3C2)C1. The first-order valence-corrected chi connectivity index (χ1v) is 7.24. The highest BCUT2D eigenvalue weighted by molar-refractivity contribution is 5.81. The van der Waals surface area contributed by atoms with E-state index in [0.717, 1.165) is 19.4 Å². The first-order chi connectivity index (χ1) is 9.78. The van der Waals surface area contributed by atoms with Gasteiger partial charge in [0.05, 0.1) is 13.2 Å². The van der Waals surface area contributed by atoms with E-state index < -0.39 is 0 Å². The zero-order chi connectivity index (χ0) is 13.9. The van der Waals surface area contributed by atoms with Gasteiger partial charge < -0.3 is 14.4 Å². The summed E-state index contributed by atoms with van der Waals surface area (Å²) in [6.07, 6.45) is 1.45. The summed E-state index contributed by atoms with van der Waals surface area (Å²) in [7, 11) is 1.69. The fourth-order valence-electron chi connectivity index (χ4n) is 3.10. The van der Waals surface area contributed by atoms with Crippen molar-refractivity contribution in [3.8, 4) is 0 Å². The molecule has 0 aliphatic carbocycles. The molecule has 4 nitrogen and oxygen atoms in total. The lowest BCUT2D eigenvalue weighted by molar-refractivity contribution is -0.141. The van der Waals surface area contributed by atoms with Crippen molar-refractivity contribution in [3.05, 3.63) is 35.4 Å². The molecule has 2 heterocycles. The number of fused-ring (bicyclic) bond motifs is 1. The van der Waals surface area contributed by atoms with Crippen molar-refractivity contribution in [2.45, 2.75) is 25.5 Å². The first kappa shape index (κ1) is 13.6. The molecular weight excluding hydrogens is 254 g/mol. The normalized spacial score (nSPS) is 25.6. The summed E-state index contributed by atoms with van der Waals surface area (Å²) in [5.41, 5.74) is 2.62. The van der Waals surface area contributed by atoms with Crippen molar-refractivity contribution in [3.63, 3.8) is 0 Å². The smallest absolute Gasteiger partial charge is 0.252 e. The Kier molecular flexibility index (Phi) is 4.03. The number of methoxy groups -OCH3 is 1. The average Bonchev–Trinajstić information content (AvgIpc) is 2.95. The summed E-state index contributed by atoms with van der Waals surface area (Å²) in [5.74, 6) is 0.490. The molecule has 1 unspecified atom stereocenters. The van der Waals surface area contributed by atoms with Gasteiger partial charge in [0.15, 0.2) is 0 Å². The van der Waals surface area contributed by atoms with Gasteiger partial charge in [0.1, 0.15) is 6.10 Å². The Balaban J connectivity index is 1.62. The first-order valence-electron chi connectivity index (χ1n) is 7.24. The predicted molar refractivity (Wildman–Crippen MR) is 75.3 cm³/mol. The summed E-state index contributed by atoms with van der Waals surface area (Å²) >= 11 is 0. The third-order valence-corrected chi connectivity index (χ3v) is 4.20. The minimum atomic E-state index is -0.277. The van der Waals surface area contributed by atoms with Crippen LogP contribution >= 0.6 is 0 Å². The molecule has 0 bridgehead atoms. The molecule has 1 aromatic rings. The van der Waals surface area contributed by atoms with Crippen LogP contribution in [0.3, 0.4) is 0 Å². The van der Waals surface area contributed by atoms with Crippen LogP contribution in [0.25, 0.3) is 0 Å². The van der Waals surface area contributed by atoms with Crippen LogP contribution in [-0.4, -0.2) is 43.8 Å². The Morgan fingerprint density at radius 3 is 3.00 bits per heavy atom. The standard InChI is InChI=1S/C16H21NO3/c1-19-10-12-8-15(20-11-12)16(18)17-7-6-13-4-2-3-5-14(13)9-17/h2-5,12,15H,6-11H2,1H3/t12?,15-/m0/s1. The molecule has 3 rings (SSSR count). The van der Waals surface area contributed by atoms with Gasteiger partial charge in [-0.05, 0) is 24.0 Å². The lowest BCUT2D eigenvalue weighted by Crippen LogP contribution is -2.42. The van der Waals surface area contributed by atoms with E-state index in [1.54, 1.807) is 7.11 Å². The van der Waals surface area contributed by atoms with Crippen LogP contribution < -0.4 is 0 Å². The van der Waals surface area contributed by atoms with Crippen molar-refractivity contribution in [2.75, 3.05) is 26.9 Å². The van der Waals surface area contributed by atoms with E-state index in [0.29, 0.717) is 25.7 Å². The number of carbonyl (C=O) groups is 1. The Morgan fingerprint density at radius 2 is 2.20 bits per heavy atom. The van der Waals surface area contributed by atoms with E-state index in [-0.39, 0.29) is 12.0 Å². The summed E-state index contributed by atoms with van der Waals surface area (Å²) in [6, 6.07) is 8.36. The fourth-order valence-corrected chi connectivity index (χ4v) is 3.10. The molecule has 0 spiro atoms. The summed E-state index contributed by atoms with van der Waals surface area (Å²) in [5, 5.41) is 0. The number of rotatable bonds is 3. The number of benzene rings is 1. The molecule has 20 heavy (non-hydrogen) atoms. The van der Waals surface area contributed by atoms with E-state index in [1.165, 1.54) is 11.1 Å². The summed E-state index contributed by atoms with van der Waals surface area (Å²) < 4.78 is 10.8. The maximum Gasteiger partial charge on any atom is 0.252 e. The third kappa shape index (κ3) is 2.72. The predicted octanol–water partition coefficient (Wildman–Crippen LogP) is 1.62. The molecule has 2 aliphatic heterocycles. The maximum atomic E-state index is 12.5.